The standard InChI is InChI=1S/C13H15N5O3/c1-8(2)15-10(19)7-18-12(9-5-3-4-6-14-9)11(13(20)21)16-17-18/h3-6,8H,7H2,1-2H3,(H,15,19)(H,20,21). The maximum atomic E-state index is 11.8. The third-order valence-electron chi connectivity index (χ3n) is 2.59. The van der Waals surface area contributed by atoms with Crippen LogP contribution in [0, 0.1) is 0 Å². The largest absolute Gasteiger partial charge is 0.476 e. The van der Waals surface area contributed by atoms with Gasteiger partial charge in [0.2, 0.25) is 5.91 Å². The molecule has 0 aliphatic carbocycles. The minimum atomic E-state index is -1.22. The molecule has 0 fully saturated rings. The zero-order chi connectivity index (χ0) is 15.4. The molecule has 2 aromatic heterocycles. The second-order valence-corrected chi connectivity index (χ2v) is 4.69. The molecule has 2 heterocycles. The highest BCUT2D eigenvalue weighted by molar-refractivity contribution is 5.92. The van der Waals surface area contributed by atoms with Crippen molar-refractivity contribution in [2.24, 2.45) is 0 Å². The van der Waals surface area contributed by atoms with Gasteiger partial charge >= 0.3 is 5.97 Å². The molecule has 0 unspecified atom stereocenters. The molecule has 2 rings (SSSR count). The van der Waals surface area contributed by atoms with Gasteiger partial charge in [-0.2, -0.15) is 0 Å². The molecule has 1 amide bonds. The monoisotopic (exact) mass is 289 g/mol. The Morgan fingerprint density at radius 1 is 1.38 bits per heavy atom. The molecule has 0 aromatic carbocycles. The van der Waals surface area contributed by atoms with E-state index in [-0.39, 0.29) is 29.9 Å². The highest BCUT2D eigenvalue weighted by atomic mass is 16.4. The number of carbonyl (C=O) groups excluding carboxylic acids is 1. The van der Waals surface area contributed by atoms with E-state index in [0.717, 1.165) is 0 Å². The molecule has 0 saturated heterocycles. The topological polar surface area (TPSA) is 110 Å². The number of aromatic nitrogens is 4. The first-order chi connectivity index (χ1) is 9.99. The van der Waals surface area contributed by atoms with Crippen molar-refractivity contribution in [2.45, 2.75) is 26.4 Å². The van der Waals surface area contributed by atoms with Crippen molar-refractivity contribution in [3.63, 3.8) is 0 Å². The fourth-order valence-electron chi connectivity index (χ4n) is 1.83. The normalized spacial score (nSPS) is 10.6. The molecule has 0 bridgehead atoms. The molecule has 21 heavy (non-hydrogen) atoms. The highest BCUT2D eigenvalue weighted by Crippen LogP contribution is 2.19. The lowest BCUT2D eigenvalue weighted by molar-refractivity contribution is -0.122. The van der Waals surface area contributed by atoms with Crippen LogP contribution in [0.3, 0.4) is 0 Å². The van der Waals surface area contributed by atoms with Crippen LogP contribution in [-0.4, -0.2) is 43.0 Å². The van der Waals surface area contributed by atoms with Crippen LogP contribution in [0.15, 0.2) is 24.4 Å². The quantitative estimate of drug-likeness (QED) is 0.832. The fraction of sp³-hybridized carbons (Fsp3) is 0.308. The maximum absolute atomic E-state index is 11.8. The highest BCUT2D eigenvalue weighted by Gasteiger charge is 2.22. The van der Waals surface area contributed by atoms with Gasteiger partial charge < -0.3 is 10.4 Å². The molecule has 0 saturated carbocycles. The molecule has 0 atom stereocenters. The van der Waals surface area contributed by atoms with E-state index in [9.17, 15) is 14.7 Å². The molecule has 0 aliphatic rings. The lowest BCUT2D eigenvalue weighted by Crippen LogP contribution is -2.33. The number of rotatable bonds is 5. The summed E-state index contributed by atoms with van der Waals surface area (Å²) in [4.78, 5) is 27.1. The number of nitrogens with one attached hydrogen (secondary N) is 1. The number of carboxylic acid groups (broad SMARTS) is 1. The van der Waals surface area contributed by atoms with Crippen molar-refractivity contribution < 1.29 is 14.7 Å². The molecular formula is C13H15N5O3. The molecule has 0 radical (unpaired) electrons. The van der Waals surface area contributed by atoms with Crippen LogP contribution in [0.25, 0.3) is 11.4 Å². The summed E-state index contributed by atoms with van der Waals surface area (Å²) in [7, 11) is 0. The van der Waals surface area contributed by atoms with Crippen LogP contribution in [0.5, 0.6) is 0 Å². The van der Waals surface area contributed by atoms with Crippen LogP contribution in [0.2, 0.25) is 0 Å². The molecule has 2 aromatic rings. The van der Waals surface area contributed by atoms with E-state index in [4.69, 9.17) is 0 Å². The summed E-state index contributed by atoms with van der Waals surface area (Å²) in [6, 6.07) is 5.06. The summed E-state index contributed by atoms with van der Waals surface area (Å²) in [6.07, 6.45) is 1.53. The third kappa shape index (κ3) is 3.41. The van der Waals surface area contributed by atoms with Gasteiger partial charge in [0.05, 0.1) is 5.69 Å². The van der Waals surface area contributed by atoms with Crippen molar-refractivity contribution >= 4 is 11.9 Å². The molecule has 2 N–H and O–H groups in total. The average molecular weight is 289 g/mol. The minimum absolute atomic E-state index is 0.0155. The Balaban J connectivity index is 2.39. The number of hydrogen-bond donors (Lipinski definition) is 2. The van der Waals surface area contributed by atoms with Crippen LogP contribution >= 0.6 is 0 Å². The van der Waals surface area contributed by atoms with Gasteiger partial charge in [-0.1, -0.05) is 11.3 Å². The Labute approximate surface area is 120 Å². The smallest absolute Gasteiger partial charge is 0.358 e. The summed E-state index contributed by atoms with van der Waals surface area (Å²) in [5.41, 5.74) is 0.380. The number of hydrogen-bond acceptors (Lipinski definition) is 5. The van der Waals surface area contributed by atoms with Gasteiger partial charge in [-0.15, -0.1) is 5.10 Å². The molecular weight excluding hydrogens is 274 g/mol. The van der Waals surface area contributed by atoms with Crippen LogP contribution in [-0.2, 0) is 11.3 Å². The molecule has 8 heteroatoms. The van der Waals surface area contributed by atoms with Crippen molar-refractivity contribution in [1.82, 2.24) is 25.3 Å². The van der Waals surface area contributed by atoms with Crippen LogP contribution in [0.4, 0.5) is 0 Å². The van der Waals surface area contributed by atoms with Gasteiger partial charge in [-0.3, -0.25) is 9.78 Å². The average Bonchev–Trinajstić information content (AvgIpc) is 2.82. The summed E-state index contributed by atoms with van der Waals surface area (Å²) in [5, 5.41) is 19.3. The lowest BCUT2D eigenvalue weighted by Gasteiger charge is -2.09. The fourth-order valence-corrected chi connectivity index (χ4v) is 1.83. The molecule has 8 nitrogen and oxygen atoms in total. The predicted octanol–water partition coefficient (Wildman–Crippen LogP) is 0.563. The van der Waals surface area contributed by atoms with Gasteiger partial charge in [0.1, 0.15) is 12.2 Å². The second-order valence-electron chi connectivity index (χ2n) is 4.69. The van der Waals surface area contributed by atoms with E-state index in [1.54, 1.807) is 18.2 Å². The Morgan fingerprint density at radius 3 is 2.71 bits per heavy atom. The SMILES string of the molecule is CC(C)NC(=O)Cn1nnc(C(=O)O)c1-c1ccccn1. The van der Waals surface area contributed by atoms with E-state index < -0.39 is 5.97 Å². The summed E-state index contributed by atoms with van der Waals surface area (Å²) in [6.45, 7) is 3.55. The summed E-state index contributed by atoms with van der Waals surface area (Å²) < 4.78 is 1.24. The number of amides is 1. The molecule has 0 spiro atoms. The number of aromatic carboxylic acids is 1. The summed E-state index contributed by atoms with van der Waals surface area (Å²) >= 11 is 0. The Morgan fingerprint density at radius 2 is 2.14 bits per heavy atom. The first-order valence-electron chi connectivity index (χ1n) is 6.36. The van der Waals surface area contributed by atoms with E-state index in [2.05, 4.69) is 20.6 Å². The Bertz CT molecular complexity index is 651. The lowest BCUT2D eigenvalue weighted by atomic mass is 10.2. The van der Waals surface area contributed by atoms with E-state index >= 15 is 0 Å². The van der Waals surface area contributed by atoms with Crippen LogP contribution in [0.1, 0.15) is 24.3 Å². The number of carboxylic acids is 1. The molecule has 110 valence electrons. The number of pyridine rings is 1. The third-order valence-corrected chi connectivity index (χ3v) is 2.59. The minimum Gasteiger partial charge on any atom is -0.476 e. The Hall–Kier alpha value is -2.77. The van der Waals surface area contributed by atoms with E-state index in [1.165, 1.54) is 10.9 Å². The predicted molar refractivity (Wildman–Crippen MR) is 73.5 cm³/mol. The van der Waals surface area contributed by atoms with Gasteiger partial charge in [-0.05, 0) is 26.0 Å². The second kappa shape index (κ2) is 6.12. The van der Waals surface area contributed by atoms with Crippen molar-refractivity contribution in [1.29, 1.82) is 0 Å². The van der Waals surface area contributed by atoms with Crippen molar-refractivity contribution in [2.75, 3.05) is 0 Å². The first-order valence-corrected chi connectivity index (χ1v) is 6.36. The van der Waals surface area contributed by atoms with E-state index in [1.807, 2.05) is 13.8 Å². The first kappa shape index (κ1) is 14.6. The zero-order valence-corrected chi connectivity index (χ0v) is 11.6. The maximum Gasteiger partial charge on any atom is 0.358 e. The summed E-state index contributed by atoms with van der Waals surface area (Å²) in [5.74, 6) is -1.49. The van der Waals surface area contributed by atoms with E-state index in [0.29, 0.717) is 5.69 Å². The van der Waals surface area contributed by atoms with Gasteiger partial charge in [0.25, 0.3) is 0 Å². The van der Waals surface area contributed by atoms with Gasteiger partial charge in [0, 0.05) is 12.2 Å². The molecule has 0 aliphatic heterocycles. The van der Waals surface area contributed by atoms with Gasteiger partial charge in [0.15, 0.2) is 5.69 Å². The van der Waals surface area contributed by atoms with Crippen molar-refractivity contribution in [3.05, 3.63) is 30.1 Å². The van der Waals surface area contributed by atoms with Crippen molar-refractivity contribution in [3.8, 4) is 11.4 Å². The van der Waals surface area contributed by atoms with Gasteiger partial charge in [-0.25, -0.2) is 9.48 Å². The van der Waals surface area contributed by atoms with Crippen LogP contribution < -0.4 is 5.32 Å². The zero-order valence-electron chi connectivity index (χ0n) is 11.6. The number of carbonyl (C=O) groups is 2. The number of nitrogens with zero attached hydrogens (tertiary/aromatic N) is 4. The Kier molecular flexibility index (Phi) is 4.27.